The lowest BCUT2D eigenvalue weighted by Crippen LogP contribution is -2.24. The third-order valence-corrected chi connectivity index (χ3v) is 4.82. The number of carbonyl (C=O) groups is 1. The van der Waals surface area contributed by atoms with Crippen LogP contribution in [-0.4, -0.2) is 5.78 Å². The molecule has 1 aromatic rings. The molecule has 1 aliphatic carbocycles. The van der Waals surface area contributed by atoms with Gasteiger partial charge in [-0.2, -0.15) is 11.3 Å². The maximum absolute atomic E-state index is 12.2. The number of hydrogen-bond donors (Lipinski definition) is 0. The molecule has 1 heterocycles. The quantitative estimate of drug-likeness (QED) is 0.735. The van der Waals surface area contributed by atoms with E-state index in [9.17, 15) is 4.79 Å². The first kappa shape index (κ1) is 10.4. The average Bonchev–Trinajstić information content (AvgIpc) is 2.74. The van der Waals surface area contributed by atoms with Crippen LogP contribution >= 0.6 is 27.3 Å². The molecule has 1 aromatic heterocycles. The number of carbonyl (C=O) groups excluding carboxylic acids is 1. The lowest BCUT2D eigenvalue weighted by Gasteiger charge is -2.21. The van der Waals surface area contributed by atoms with Gasteiger partial charge >= 0.3 is 0 Å². The van der Waals surface area contributed by atoms with Crippen LogP contribution in [0.5, 0.6) is 0 Å². The van der Waals surface area contributed by atoms with Crippen LogP contribution in [0, 0.1) is 5.41 Å². The lowest BCUT2D eigenvalue weighted by atomic mass is 9.81. The predicted molar refractivity (Wildman–Crippen MR) is 62.9 cm³/mol. The first-order valence-corrected chi connectivity index (χ1v) is 6.63. The van der Waals surface area contributed by atoms with Crippen molar-refractivity contribution in [1.29, 1.82) is 0 Å². The van der Waals surface area contributed by atoms with E-state index in [2.05, 4.69) is 22.9 Å². The number of rotatable bonds is 2. The van der Waals surface area contributed by atoms with Gasteiger partial charge in [-0.1, -0.05) is 19.8 Å². The molecule has 0 N–H and O–H groups in total. The molecule has 14 heavy (non-hydrogen) atoms. The third kappa shape index (κ3) is 1.68. The van der Waals surface area contributed by atoms with Crippen molar-refractivity contribution in [2.75, 3.05) is 0 Å². The fourth-order valence-electron chi connectivity index (χ4n) is 2.15. The van der Waals surface area contributed by atoms with Crippen molar-refractivity contribution in [3.05, 3.63) is 20.8 Å². The molecule has 1 fully saturated rings. The normalized spacial score (nSPS) is 19.9. The molecule has 1 saturated carbocycles. The molecular weight excluding hydrogens is 260 g/mol. The summed E-state index contributed by atoms with van der Waals surface area (Å²) < 4.78 is 0.959. The van der Waals surface area contributed by atoms with E-state index in [0.717, 1.165) is 22.9 Å². The van der Waals surface area contributed by atoms with Crippen molar-refractivity contribution < 1.29 is 4.79 Å². The van der Waals surface area contributed by atoms with Gasteiger partial charge in [0.25, 0.3) is 0 Å². The zero-order valence-electron chi connectivity index (χ0n) is 8.18. The minimum Gasteiger partial charge on any atom is -0.293 e. The molecule has 0 spiro atoms. The molecule has 0 aliphatic heterocycles. The van der Waals surface area contributed by atoms with Gasteiger partial charge in [0.1, 0.15) is 0 Å². The SMILES string of the molecule is CC1(C(=O)c2cscc2Br)CCCC1. The molecule has 0 unspecified atom stereocenters. The van der Waals surface area contributed by atoms with Crippen molar-refractivity contribution >= 4 is 33.0 Å². The van der Waals surface area contributed by atoms with E-state index in [1.165, 1.54) is 12.8 Å². The molecule has 0 bridgehead atoms. The summed E-state index contributed by atoms with van der Waals surface area (Å²) in [6, 6.07) is 0. The van der Waals surface area contributed by atoms with Crippen LogP contribution in [0.1, 0.15) is 43.0 Å². The van der Waals surface area contributed by atoms with Crippen LogP contribution in [-0.2, 0) is 0 Å². The molecule has 1 aliphatic rings. The second kappa shape index (κ2) is 3.78. The van der Waals surface area contributed by atoms with E-state index in [1.54, 1.807) is 11.3 Å². The fourth-order valence-corrected chi connectivity index (χ4v) is 3.61. The second-order valence-electron chi connectivity index (χ2n) is 4.23. The maximum atomic E-state index is 12.2. The van der Waals surface area contributed by atoms with Gasteiger partial charge < -0.3 is 0 Å². The number of thiophene rings is 1. The molecule has 0 atom stereocenters. The average molecular weight is 273 g/mol. The minimum atomic E-state index is -0.0937. The first-order valence-electron chi connectivity index (χ1n) is 4.90. The zero-order valence-corrected chi connectivity index (χ0v) is 10.6. The Morgan fingerprint density at radius 1 is 1.43 bits per heavy atom. The zero-order chi connectivity index (χ0) is 10.2. The van der Waals surface area contributed by atoms with E-state index in [1.807, 2.05) is 10.8 Å². The van der Waals surface area contributed by atoms with Gasteiger partial charge in [0.15, 0.2) is 5.78 Å². The Bertz CT molecular complexity index is 350. The summed E-state index contributed by atoms with van der Waals surface area (Å²) in [5, 5.41) is 3.93. The predicted octanol–water partition coefficient (Wildman–Crippen LogP) is 4.27. The van der Waals surface area contributed by atoms with Crippen LogP contribution < -0.4 is 0 Å². The Labute approximate surface area is 96.6 Å². The van der Waals surface area contributed by atoms with Crippen LogP contribution in [0.15, 0.2) is 15.2 Å². The highest BCUT2D eigenvalue weighted by atomic mass is 79.9. The summed E-state index contributed by atoms with van der Waals surface area (Å²) >= 11 is 5.01. The van der Waals surface area contributed by atoms with E-state index in [-0.39, 0.29) is 5.41 Å². The number of hydrogen-bond acceptors (Lipinski definition) is 2. The fraction of sp³-hybridized carbons (Fsp3) is 0.545. The molecular formula is C11H13BrOS. The highest BCUT2D eigenvalue weighted by Crippen LogP contribution is 2.41. The number of ketones is 1. The minimum absolute atomic E-state index is 0.0937. The maximum Gasteiger partial charge on any atom is 0.170 e. The van der Waals surface area contributed by atoms with Gasteiger partial charge in [-0.25, -0.2) is 0 Å². The third-order valence-electron chi connectivity index (χ3n) is 3.11. The van der Waals surface area contributed by atoms with E-state index < -0.39 is 0 Å². The second-order valence-corrected chi connectivity index (χ2v) is 5.83. The van der Waals surface area contributed by atoms with Crippen LogP contribution in [0.3, 0.4) is 0 Å². The summed E-state index contributed by atoms with van der Waals surface area (Å²) in [4.78, 5) is 12.2. The Hall–Kier alpha value is -0.150. The molecule has 0 amide bonds. The molecule has 1 nitrogen and oxygen atoms in total. The Balaban J connectivity index is 2.28. The Morgan fingerprint density at radius 3 is 2.57 bits per heavy atom. The molecule has 0 radical (unpaired) electrons. The Morgan fingerprint density at radius 2 is 2.07 bits per heavy atom. The van der Waals surface area contributed by atoms with Gasteiger partial charge in [-0.3, -0.25) is 4.79 Å². The number of Topliss-reactive ketones (excluding diaryl/α,β-unsaturated/α-hetero) is 1. The lowest BCUT2D eigenvalue weighted by molar-refractivity contribution is 0.0823. The van der Waals surface area contributed by atoms with Gasteiger partial charge in [0.2, 0.25) is 0 Å². The van der Waals surface area contributed by atoms with Gasteiger partial charge in [-0.15, -0.1) is 0 Å². The first-order chi connectivity index (χ1) is 6.63. The summed E-state index contributed by atoms with van der Waals surface area (Å²) in [6.45, 7) is 2.10. The van der Waals surface area contributed by atoms with Gasteiger partial charge in [-0.05, 0) is 28.8 Å². The van der Waals surface area contributed by atoms with Crippen molar-refractivity contribution in [2.24, 2.45) is 5.41 Å². The topological polar surface area (TPSA) is 17.1 Å². The highest BCUT2D eigenvalue weighted by Gasteiger charge is 2.37. The van der Waals surface area contributed by atoms with Crippen molar-refractivity contribution in [3.63, 3.8) is 0 Å². The van der Waals surface area contributed by atoms with Crippen molar-refractivity contribution in [2.45, 2.75) is 32.6 Å². The molecule has 0 aromatic carbocycles. The molecule has 3 heteroatoms. The summed E-state index contributed by atoms with van der Waals surface area (Å²) in [5.74, 6) is 0.322. The van der Waals surface area contributed by atoms with Gasteiger partial charge in [0.05, 0.1) is 0 Å². The van der Waals surface area contributed by atoms with E-state index in [0.29, 0.717) is 5.78 Å². The largest absolute Gasteiger partial charge is 0.293 e. The standard InChI is InChI=1S/C11H13BrOS/c1-11(4-2-3-5-11)10(13)8-6-14-7-9(8)12/h6-7H,2-5H2,1H3. The molecule has 76 valence electrons. The smallest absolute Gasteiger partial charge is 0.170 e. The molecule has 0 saturated heterocycles. The van der Waals surface area contributed by atoms with Crippen LogP contribution in [0.25, 0.3) is 0 Å². The summed E-state index contributed by atoms with van der Waals surface area (Å²) in [6.07, 6.45) is 4.50. The monoisotopic (exact) mass is 272 g/mol. The van der Waals surface area contributed by atoms with Gasteiger partial charge in [0, 0.05) is 26.2 Å². The van der Waals surface area contributed by atoms with E-state index in [4.69, 9.17) is 0 Å². The summed E-state index contributed by atoms with van der Waals surface area (Å²) in [7, 11) is 0. The van der Waals surface area contributed by atoms with Crippen molar-refractivity contribution in [1.82, 2.24) is 0 Å². The van der Waals surface area contributed by atoms with Crippen LogP contribution in [0.4, 0.5) is 0 Å². The molecule has 2 rings (SSSR count). The highest BCUT2D eigenvalue weighted by molar-refractivity contribution is 9.10. The summed E-state index contributed by atoms with van der Waals surface area (Å²) in [5.41, 5.74) is 0.781. The van der Waals surface area contributed by atoms with E-state index >= 15 is 0 Å². The Kier molecular flexibility index (Phi) is 2.80. The number of halogens is 1. The van der Waals surface area contributed by atoms with Crippen molar-refractivity contribution in [3.8, 4) is 0 Å². The van der Waals surface area contributed by atoms with Crippen LogP contribution in [0.2, 0.25) is 0 Å².